The smallest absolute Gasteiger partial charge is 0.253 e. The number of para-hydroxylation sites is 1. The van der Waals surface area contributed by atoms with Crippen molar-refractivity contribution in [2.24, 2.45) is 0 Å². The van der Waals surface area contributed by atoms with Crippen LogP contribution in [-0.2, 0) is 20.5 Å². The molecule has 0 radical (unpaired) electrons. The number of amides is 1. The number of Topliss-reactive ketones (excluding diaryl/α,β-unsaturated/α-hetero) is 1. The lowest BCUT2D eigenvalue weighted by molar-refractivity contribution is -0.137. The van der Waals surface area contributed by atoms with E-state index in [1.165, 1.54) is 0 Å². The van der Waals surface area contributed by atoms with Gasteiger partial charge in [0.25, 0.3) is 5.91 Å². The third kappa shape index (κ3) is 3.07. The molecule has 3 aliphatic heterocycles. The van der Waals surface area contributed by atoms with Gasteiger partial charge in [-0.2, -0.15) is 0 Å². The molecule has 0 bridgehead atoms. The minimum atomic E-state index is -1.19. The number of allylic oxidation sites excluding steroid dienone is 1. The maximum Gasteiger partial charge on any atom is 0.253 e. The van der Waals surface area contributed by atoms with Gasteiger partial charge in [-0.15, -0.1) is 0 Å². The van der Waals surface area contributed by atoms with Crippen molar-refractivity contribution >= 4 is 52.2 Å². The van der Waals surface area contributed by atoms with Crippen LogP contribution < -0.4 is 4.90 Å². The molecule has 0 saturated carbocycles. The van der Waals surface area contributed by atoms with Crippen LogP contribution in [0.4, 0.5) is 5.69 Å². The lowest BCUT2D eigenvalue weighted by atomic mass is 9.56. The number of carbonyl (C=O) groups excluding carboxylic acids is 2. The van der Waals surface area contributed by atoms with Gasteiger partial charge in [0.05, 0.1) is 5.41 Å². The monoisotopic (exact) mass is 590 g/mol. The summed E-state index contributed by atoms with van der Waals surface area (Å²) in [5.41, 5.74) is 3.77. The zero-order valence-electron chi connectivity index (χ0n) is 23.1. The van der Waals surface area contributed by atoms with Crippen LogP contribution >= 0.6 is 23.2 Å². The van der Waals surface area contributed by atoms with Crippen LogP contribution in [0.15, 0.2) is 97.1 Å². The van der Waals surface area contributed by atoms with Crippen LogP contribution in [0.2, 0.25) is 10.0 Å². The highest BCUT2D eigenvalue weighted by molar-refractivity contribution is 6.36. The molecule has 8 rings (SSSR count). The molecule has 2 saturated heterocycles. The van der Waals surface area contributed by atoms with Crippen molar-refractivity contribution in [3.05, 3.63) is 135 Å². The van der Waals surface area contributed by atoms with E-state index in [9.17, 15) is 0 Å². The predicted octanol–water partition coefficient (Wildman–Crippen LogP) is 7.49. The van der Waals surface area contributed by atoms with Gasteiger partial charge in [-0.25, -0.2) is 0 Å². The van der Waals surface area contributed by atoms with Crippen molar-refractivity contribution in [2.75, 3.05) is 18.5 Å². The minimum absolute atomic E-state index is 0.00145. The van der Waals surface area contributed by atoms with Gasteiger partial charge >= 0.3 is 0 Å². The number of fused-ring (bicyclic) bond motifs is 7. The summed E-state index contributed by atoms with van der Waals surface area (Å²) in [6, 6.07) is 31.6. The van der Waals surface area contributed by atoms with Crippen molar-refractivity contribution in [3.63, 3.8) is 0 Å². The number of nitrogens with zero attached hydrogens (tertiary/aromatic N) is 2. The topological polar surface area (TPSA) is 40.6 Å². The Bertz CT molecular complexity index is 1820. The van der Waals surface area contributed by atoms with Gasteiger partial charge in [0, 0.05) is 45.9 Å². The maximum atomic E-state index is 15.6. The fourth-order valence-electron chi connectivity index (χ4n) is 8.69. The third-order valence-corrected chi connectivity index (χ3v) is 10.6. The van der Waals surface area contributed by atoms with Crippen LogP contribution in [-0.4, -0.2) is 36.2 Å². The Hall–Kier alpha value is -3.70. The molecular weight excluding hydrogens is 563 g/mol. The van der Waals surface area contributed by atoms with E-state index in [0.717, 1.165) is 52.9 Å². The molecule has 4 aliphatic rings. The first-order chi connectivity index (χ1) is 20.4. The Kier molecular flexibility index (Phi) is 5.66. The summed E-state index contributed by atoms with van der Waals surface area (Å²) < 4.78 is 0. The van der Waals surface area contributed by atoms with E-state index < -0.39 is 11.0 Å². The van der Waals surface area contributed by atoms with Crippen LogP contribution in [0, 0.1) is 0 Å². The molecule has 0 aromatic heterocycles. The van der Waals surface area contributed by atoms with Crippen molar-refractivity contribution in [1.29, 1.82) is 0 Å². The summed E-state index contributed by atoms with van der Waals surface area (Å²) in [7, 11) is 1.85. The Labute approximate surface area is 255 Å². The van der Waals surface area contributed by atoms with Gasteiger partial charge in [0.2, 0.25) is 0 Å². The average Bonchev–Trinajstić information content (AvgIpc) is 3.70. The second kappa shape index (κ2) is 9.15. The molecule has 1 amide bonds. The summed E-state index contributed by atoms with van der Waals surface area (Å²) in [6.45, 7) is 0.746. The highest BCUT2D eigenvalue weighted by Gasteiger charge is 2.80. The standard InChI is InChI=1S/C36H28Cl2N2O2/c1-39-30-10-5-4-9-29(30)36(34(39)42)35(32(31-11-6-20-40(31)36)23-14-18-25(38)19-15-23)28-8-3-2-7-26(28)27(33(35)41)21-22-12-16-24(37)17-13-22/h2-5,7-10,12-19,21,31-32H,6,11,20H2,1H3/b27-21+/t31?,32-,35-,36+/m0/s1. The summed E-state index contributed by atoms with van der Waals surface area (Å²) in [5.74, 6) is -0.306. The normalized spacial score (nSPS) is 28.7. The van der Waals surface area contributed by atoms with Gasteiger partial charge in [0.1, 0.15) is 5.54 Å². The highest BCUT2D eigenvalue weighted by atomic mass is 35.5. The number of benzene rings is 4. The molecule has 4 aromatic rings. The zero-order valence-corrected chi connectivity index (χ0v) is 24.6. The largest absolute Gasteiger partial charge is 0.313 e. The van der Waals surface area contributed by atoms with E-state index in [1.54, 1.807) is 4.90 Å². The molecule has 4 nitrogen and oxygen atoms in total. The quantitative estimate of drug-likeness (QED) is 0.227. The lowest BCUT2D eigenvalue weighted by Gasteiger charge is -2.45. The first-order valence-corrected chi connectivity index (χ1v) is 15.2. The zero-order chi connectivity index (χ0) is 28.8. The highest BCUT2D eigenvalue weighted by Crippen LogP contribution is 2.71. The van der Waals surface area contributed by atoms with Crippen LogP contribution in [0.3, 0.4) is 0 Å². The van der Waals surface area contributed by atoms with Crippen molar-refractivity contribution in [1.82, 2.24) is 4.90 Å². The Morgan fingerprint density at radius 3 is 2.19 bits per heavy atom. The van der Waals surface area contributed by atoms with Gasteiger partial charge in [-0.05, 0) is 78.0 Å². The second-order valence-corrected chi connectivity index (χ2v) is 12.7. The Morgan fingerprint density at radius 1 is 0.810 bits per heavy atom. The first kappa shape index (κ1) is 26.0. The molecule has 1 aliphatic carbocycles. The maximum absolute atomic E-state index is 15.6. The van der Waals surface area contributed by atoms with Gasteiger partial charge in [-0.1, -0.05) is 89.9 Å². The summed E-state index contributed by atoms with van der Waals surface area (Å²) in [5, 5.41) is 1.29. The number of likely N-dealkylation sites (N-methyl/N-ethyl adjacent to an activating group) is 1. The van der Waals surface area contributed by atoms with Crippen LogP contribution in [0.1, 0.15) is 46.6 Å². The minimum Gasteiger partial charge on any atom is -0.313 e. The second-order valence-electron chi connectivity index (χ2n) is 11.8. The van der Waals surface area contributed by atoms with Crippen molar-refractivity contribution in [2.45, 2.75) is 35.8 Å². The SMILES string of the molecule is CN1C(=O)[C@@]2(c3ccccc31)N1CCCC1[C@H](c1ccc(Cl)cc1)[C@@]21C(=O)/C(=C/c2ccc(Cl)cc2)c2ccccc21. The lowest BCUT2D eigenvalue weighted by Crippen LogP contribution is -2.61. The molecule has 4 atom stereocenters. The molecule has 1 unspecified atom stereocenters. The molecular formula is C36H28Cl2N2O2. The molecule has 3 heterocycles. The van der Waals surface area contributed by atoms with E-state index in [1.807, 2.05) is 85.9 Å². The van der Waals surface area contributed by atoms with E-state index in [4.69, 9.17) is 23.2 Å². The van der Waals surface area contributed by atoms with Crippen molar-refractivity contribution in [3.8, 4) is 0 Å². The van der Waals surface area contributed by atoms with Crippen LogP contribution in [0.5, 0.6) is 0 Å². The van der Waals surface area contributed by atoms with Gasteiger partial charge in [-0.3, -0.25) is 14.5 Å². The van der Waals surface area contributed by atoms with E-state index in [0.29, 0.717) is 15.6 Å². The number of carbonyl (C=O) groups is 2. The summed E-state index contributed by atoms with van der Waals surface area (Å²) in [4.78, 5) is 34.9. The average molecular weight is 592 g/mol. The third-order valence-electron chi connectivity index (χ3n) is 10.1. The fourth-order valence-corrected chi connectivity index (χ4v) is 8.94. The van der Waals surface area contributed by atoms with Crippen molar-refractivity contribution < 1.29 is 9.59 Å². The van der Waals surface area contributed by atoms with Gasteiger partial charge < -0.3 is 4.90 Å². The number of hydrogen-bond donors (Lipinski definition) is 0. The predicted molar refractivity (Wildman–Crippen MR) is 168 cm³/mol. The Balaban J connectivity index is 1.51. The van der Waals surface area contributed by atoms with Crippen LogP contribution in [0.25, 0.3) is 11.6 Å². The molecule has 2 fully saturated rings. The number of anilines is 1. The van der Waals surface area contributed by atoms with E-state index in [2.05, 4.69) is 29.2 Å². The molecule has 0 N–H and O–H groups in total. The number of hydrogen-bond acceptors (Lipinski definition) is 3. The summed E-state index contributed by atoms with van der Waals surface area (Å²) >= 11 is 12.6. The Morgan fingerprint density at radius 2 is 1.45 bits per heavy atom. The first-order valence-electron chi connectivity index (χ1n) is 14.4. The fraction of sp³-hybridized carbons (Fsp3) is 0.222. The van der Waals surface area contributed by atoms with E-state index in [-0.39, 0.29) is 23.7 Å². The molecule has 4 aromatic carbocycles. The number of halogens is 2. The number of ketones is 1. The summed E-state index contributed by atoms with van der Waals surface area (Å²) in [6.07, 6.45) is 3.84. The van der Waals surface area contributed by atoms with E-state index >= 15 is 9.59 Å². The van der Waals surface area contributed by atoms with Gasteiger partial charge in [0.15, 0.2) is 5.78 Å². The molecule has 42 heavy (non-hydrogen) atoms. The number of rotatable bonds is 2. The molecule has 208 valence electrons. The molecule has 2 spiro atoms. The molecule has 6 heteroatoms.